The van der Waals surface area contributed by atoms with Crippen molar-refractivity contribution in [3.63, 3.8) is 0 Å². The number of ether oxygens (including phenoxy) is 1. The Morgan fingerprint density at radius 1 is 1.28 bits per heavy atom. The summed E-state index contributed by atoms with van der Waals surface area (Å²) in [5, 5.41) is 0. The van der Waals surface area contributed by atoms with Crippen LogP contribution in [0, 0.1) is 0 Å². The largest absolute Gasteiger partial charge is 0.417 e. The number of Topliss-reactive ketones (excluding diaryl/α,β-unsaturated/α-hetero) is 1. The molecule has 1 rings (SSSR count). The van der Waals surface area contributed by atoms with E-state index in [1.54, 1.807) is 6.92 Å². The molecule has 0 N–H and O–H groups in total. The SMILES string of the molecule is CCC(C)(OC)C(=O)c1ccccc1C(F)(F)F. The number of alkyl halides is 3. The van der Waals surface area contributed by atoms with Gasteiger partial charge in [0.2, 0.25) is 0 Å². The van der Waals surface area contributed by atoms with E-state index in [-0.39, 0.29) is 5.56 Å². The minimum Gasteiger partial charge on any atom is -0.370 e. The van der Waals surface area contributed by atoms with Crippen molar-refractivity contribution in [3.8, 4) is 0 Å². The molecule has 18 heavy (non-hydrogen) atoms. The lowest BCUT2D eigenvalue weighted by molar-refractivity contribution is -0.138. The van der Waals surface area contributed by atoms with Gasteiger partial charge in [0.25, 0.3) is 0 Å². The molecule has 0 saturated heterocycles. The quantitative estimate of drug-likeness (QED) is 0.771. The van der Waals surface area contributed by atoms with Gasteiger partial charge in [0, 0.05) is 12.7 Å². The Balaban J connectivity index is 3.30. The number of halogens is 3. The average molecular weight is 260 g/mol. The molecule has 0 aliphatic rings. The Labute approximate surface area is 104 Å². The van der Waals surface area contributed by atoms with Crippen LogP contribution in [0.5, 0.6) is 0 Å². The maximum Gasteiger partial charge on any atom is 0.417 e. The van der Waals surface area contributed by atoms with Crippen molar-refractivity contribution in [2.24, 2.45) is 0 Å². The predicted octanol–water partition coefficient (Wildman–Crippen LogP) is 3.70. The first-order chi connectivity index (χ1) is 8.26. The summed E-state index contributed by atoms with van der Waals surface area (Å²) in [5.74, 6) is -0.652. The van der Waals surface area contributed by atoms with Crippen molar-refractivity contribution < 1.29 is 22.7 Å². The molecule has 0 aliphatic carbocycles. The first kappa shape index (κ1) is 14.7. The van der Waals surface area contributed by atoms with Gasteiger partial charge in [-0.05, 0) is 19.4 Å². The molecule has 100 valence electrons. The minimum absolute atomic E-state index is 0.300. The van der Waals surface area contributed by atoms with Gasteiger partial charge in [0.15, 0.2) is 5.78 Å². The zero-order valence-corrected chi connectivity index (χ0v) is 10.5. The fourth-order valence-electron chi connectivity index (χ4n) is 1.61. The van der Waals surface area contributed by atoms with E-state index < -0.39 is 23.1 Å². The summed E-state index contributed by atoms with van der Waals surface area (Å²) in [4.78, 5) is 12.2. The third kappa shape index (κ3) is 2.72. The van der Waals surface area contributed by atoms with Gasteiger partial charge >= 0.3 is 6.18 Å². The van der Waals surface area contributed by atoms with Crippen LogP contribution in [0.3, 0.4) is 0 Å². The van der Waals surface area contributed by atoms with Crippen LogP contribution >= 0.6 is 0 Å². The van der Waals surface area contributed by atoms with E-state index in [9.17, 15) is 18.0 Å². The van der Waals surface area contributed by atoms with Crippen molar-refractivity contribution >= 4 is 5.78 Å². The highest BCUT2D eigenvalue weighted by atomic mass is 19.4. The molecule has 5 heteroatoms. The van der Waals surface area contributed by atoms with Gasteiger partial charge in [-0.2, -0.15) is 13.2 Å². The Morgan fingerprint density at radius 2 is 1.83 bits per heavy atom. The standard InChI is InChI=1S/C13H15F3O2/c1-4-12(2,18-3)11(17)9-7-5-6-8-10(9)13(14,15)16/h5-8H,4H2,1-3H3. The van der Waals surface area contributed by atoms with Gasteiger partial charge in [-0.3, -0.25) is 4.79 Å². The van der Waals surface area contributed by atoms with Gasteiger partial charge in [-0.15, -0.1) is 0 Å². The van der Waals surface area contributed by atoms with Crippen LogP contribution in [-0.2, 0) is 10.9 Å². The number of hydrogen-bond donors (Lipinski definition) is 0. The Hall–Kier alpha value is -1.36. The molecule has 0 aliphatic heterocycles. The average Bonchev–Trinajstić information content (AvgIpc) is 2.36. The molecule has 0 amide bonds. The second-order valence-electron chi connectivity index (χ2n) is 4.16. The fourth-order valence-corrected chi connectivity index (χ4v) is 1.61. The summed E-state index contributed by atoms with van der Waals surface area (Å²) < 4.78 is 43.5. The number of carbonyl (C=O) groups excluding carboxylic acids is 1. The first-order valence-electron chi connectivity index (χ1n) is 5.52. The lowest BCUT2D eigenvalue weighted by Gasteiger charge is -2.26. The third-order valence-corrected chi connectivity index (χ3v) is 3.08. The van der Waals surface area contributed by atoms with Crippen LogP contribution in [0.2, 0.25) is 0 Å². The normalized spacial score (nSPS) is 15.2. The summed E-state index contributed by atoms with van der Waals surface area (Å²) in [5.41, 5.74) is -2.51. The van der Waals surface area contributed by atoms with Crippen molar-refractivity contribution in [2.75, 3.05) is 7.11 Å². The van der Waals surface area contributed by atoms with Crippen molar-refractivity contribution in [1.82, 2.24) is 0 Å². The zero-order chi connectivity index (χ0) is 14.0. The highest BCUT2D eigenvalue weighted by Gasteiger charge is 2.39. The van der Waals surface area contributed by atoms with Crippen LogP contribution in [0.25, 0.3) is 0 Å². The van der Waals surface area contributed by atoms with Crippen LogP contribution in [0.15, 0.2) is 24.3 Å². The van der Waals surface area contributed by atoms with E-state index in [1.165, 1.54) is 32.2 Å². The number of rotatable bonds is 4. The van der Waals surface area contributed by atoms with Gasteiger partial charge in [0.1, 0.15) is 5.60 Å². The molecule has 1 atom stereocenters. The Bertz CT molecular complexity index is 434. The van der Waals surface area contributed by atoms with Gasteiger partial charge in [-0.1, -0.05) is 25.1 Å². The first-order valence-corrected chi connectivity index (χ1v) is 5.52. The molecular weight excluding hydrogens is 245 g/mol. The number of methoxy groups -OCH3 is 1. The predicted molar refractivity (Wildman–Crippen MR) is 61.5 cm³/mol. The highest BCUT2D eigenvalue weighted by Crippen LogP contribution is 2.34. The van der Waals surface area contributed by atoms with E-state index in [1.807, 2.05) is 0 Å². The molecule has 0 heterocycles. The Morgan fingerprint density at radius 3 is 2.28 bits per heavy atom. The number of ketones is 1. The Kier molecular flexibility index (Phi) is 4.16. The van der Waals surface area contributed by atoms with E-state index in [2.05, 4.69) is 0 Å². The topological polar surface area (TPSA) is 26.3 Å². The fraction of sp³-hybridized carbons (Fsp3) is 0.462. The summed E-state index contributed by atoms with van der Waals surface area (Å²) in [6.45, 7) is 3.18. The third-order valence-electron chi connectivity index (χ3n) is 3.08. The van der Waals surface area contributed by atoms with Gasteiger partial charge in [0.05, 0.1) is 5.56 Å². The van der Waals surface area contributed by atoms with Crippen molar-refractivity contribution in [1.29, 1.82) is 0 Å². The lowest BCUT2D eigenvalue weighted by atomic mass is 9.89. The summed E-state index contributed by atoms with van der Waals surface area (Å²) in [6, 6.07) is 4.75. The molecule has 0 saturated carbocycles. The summed E-state index contributed by atoms with van der Waals surface area (Å²) in [7, 11) is 1.32. The van der Waals surface area contributed by atoms with E-state index in [4.69, 9.17) is 4.74 Å². The van der Waals surface area contributed by atoms with E-state index in [0.717, 1.165) is 6.07 Å². The minimum atomic E-state index is -4.55. The molecular formula is C13H15F3O2. The molecule has 0 spiro atoms. The second-order valence-corrected chi connectivity index (χ2v) is 4.16. The highest BCUT2D eigenvalue weighted by molar-refractivity contribution is 6.03. The number of hydrogen-bond acceptors (Lipinski definition) is 2. The molecule has 1 aromatic carbocycles. The number of carbonyl (C=O) groups is 1. The lowest BCUT2D eigenvalue weighted by Crippen LogP contribution is -2.37. The van der Waals surface area contributed by atoms with E-state index in [0.29, 0.717) is 6.42 Å². The van der Waals surface area contributed by atoms with Crippen molar-refractivity contribution in [3.05, 3.63) is 35.4 Å². The molecule has 0 fully saturated rings. The number of benzene rings is 1. The molecule has 1 aromatic rings. The zero-order valence-electron chi connectivity index (χ0n) is 10.5. The second kappa shape index (κ2) is 5.10. The molecule has 1 unspecified atom stereocenters. The monoisotopic (exact) mass is 260 g/mol. The van der Waals surface area contributed by atoms with Crippen LogP contribution < -0.4 is 0 Å². The van der Waals surface area contributed by atoms with E-state index >= 15 is 0 Å². The molecule has 2 nitrogen and oxygen atoms in total. The molecule has 0 aromatic heterocycles. The molecule has 0 radical (unpaired) electrons. The van der Waals surface area contributed by atoms with Crippen LogP contribution in [-0.4, -0.2) is 18.5 Å². The summed E-state index contributed by atoms with van der Waals surface area (Å²) in [6.07, 6.45) is -4.25. The smallest absolute Gasteiger partial charge is 0.370 e. The maximum atomic E-state index is 12.8. The van der Waals surface area contributed by atoms with Crippen molar-refractivity contribution in [2.45, 2.75) is 32.0 Å². The van der Waals surface area contributed by atoms with Crippen LogP contribution in [0.4, 0.5) is 13.2 Å². The molecule has 0 bridgehead atoms. The summed E-state index contributed by atoms with van der Waals surface area (Å²) >= 11 is 0. The van der Waals surface area contributed by atoms with Gasteiger partial charge < -0.3 is 4.74 Å². The maximum absolute atomic E-state index is 12.8. The van der Waals surface area contributed by atoms with Gasteiger partial charge in [-0.25, -0.2) is 0 Å². The van der Waals surface area contributed by atoms with Crippen LogP contribution in [0.1, 0.15) is 36.2 Å².